The number of aromatic nitrogens is 4. The first-order valence-corrected chi connectivity index (χ1v) is 9.60. The van der Waals surface area contributed by atoms with E-state index in [1.807, 2.05) is 48.7 Å². The third kappa shape index (κ3) is 3.09. The quantitative estimate of drug-likeness (QED) is 0.513. The molecule has 0 saturated heterocycles. The van der Waals surface area contributed by atoms with Crippen LogP contribution in [0, 0.1) is 5.92 Å². The summed E-state index contributed by atoms with van der Waals surface area (Å²) in [5.74, 6) is 0.536. The van der Waals surface area contributed by atoms with Gasteiger partial charge in [-0.3, -0.25) is 14.6 Å². The van der Waals surface area contributed by atoms with Crippen molar-refractivity contribution in [1.29, 1.82) is 0 Å². The Morgan fingerprint density at radius 2 is 2.14 bits per heavy atom. The molecule has 7 heteroatoms. The first-order valence-electron chi connectivity index (χ1n) is 9.60. The van der Waals surface area contributed by atoms with Crippen LogP contribution in [-0.4, -0.2) is 44.1 Å². The SMILES string of the molecule is O=C(c1nn(CCO)c2cc(-c3cn[nH]c3)ccc12)C1COc2ccccc2C1. The Kier molecular flexibility index (Phi) is 4.37. The number of carbonyl (C=O) groups is 1. The maximum Gasteiger partial charge on any atom is 0.190 e. The van der Waals surface area contributed by atoms with Gasteiger partial charge in [0.25, 0.3) is 0 Å². The summed E-state index contributed by atoms with van der Waals surface area (Å²) in [6.07, 6.45) is 4.20. The smallest absolute Gasteiger partial charge is 0.190 e. The number of H-pyrrole nitrogens is 1. The van der Waals surface area contributed by atoms with Gasteiger partial charge in [0.15, 0.2) is 5.78 Å². The first-order chi connectivity index (χ1) is 14.2. The molecule has 1 unspecified atom stereocenters. The number of carbonyl (C=O) groups excluding carboxylic acids is 1. The fourth-order valence-corrected chi connectivity index (χ4v) is 3.90. The van der Waals surface area contributed by atoms with Gasteiger partial charge in [0.05, 0.1) is 37.4 Å². The van der Waals surface area contributed by atoms with Crippen molar-refractivity contribution in [2.45, 2.75) is 13.0 Å². The molecule has 7 nitrogen and oxygen atoms in total. The van der Waals surface area contributed by atoms with Crippen LogP contribution in [0.3, 0.4) is 0 Å². The van der Waals surface area contributed by atoms with E-state index < -0.39 is 0 Å². The van der Waals surface area contributed by atoms with Crippen LogP contribution in [0.5, 0.6) is 5.75 Å². The third-order valence-corrected chi connectivity index (χ3v) is 5.38. The van der Waals surface area contributed by atoms with Crippen LogP contribution in [-0.2, 0) is 13.0 Å². The van der Waals surface area contributed by atoms with Crippen LogP contribution >= 0.6 is 0 Å². The van der Waals surface area contributed by atoms with Gasteiger partial charge >= 0.3 is 0 Å². The highest BCUT2D eigenvalue weighted by atomic mass is 16.5. The molecule has 4 aromatic rings. The van der Waals surface area contributed by atoms with Crippen molar-refractivity contribution in [3.8, 4) is 16.9 Å². The second-order valence-electron chi connectivity index (χ2n) is 7.20. The lowest BCUT2D eigenvalue weighted by Crippen LogP contribution is -2.28. The zero-order valence-corrected chi connectivity index (χ0v) is 15.7. The van der Waals surface area contributed by atoms with E-state index in [-0.39, 0.29) is 18.3 Å². The molecule has 29 heavy (non-hydrogen) atoms. The maximum absolute atomic E-state index is 13.3. The molecule has 0 radical (unpaired) electrons. The largest absolute Gasteiger partial charge is 0.493 e. The van der Waals surface area contributed by atoms with Gasteiger partial charge < -0.3 is 9.84 Å². The lowest BCUT2D eigenvalue weighted by atomic mass is 9.91. The molecule has 0 spiro atoms. The molecule has 3 heterocycles. The molecule has 2 aromatic heterocycles. The van der Waals surface area contributed by atoms with Gasteiger partial charge in [-0.2, -0.15) is 10.2 Å². The van der Waals surface area contributed by atoms with Crippen LogP contribution in [0.1, 0.15) is 16.1 Å². The normalized spacial score (nSPS) is 15.8. The number of hydrogen-bond donors (Lipinski definition) is 2. The summed E-state index contributed by atoms with van der Waals surface area (Å²) in [5.41, 5.74) is 4.21. The standard InChI is InChI=1S/C22H20N4O3/c27-8-7-26-19-10-14(17-11-23-24-12-17)5-6-18(19)21(25-26)22(28)16-9-15-3-1-2-4-20(15)29-13-16/h1-6,10-12,16,27H,7-9,13H2,(H,23,24). The van der Waals surface area contributed by atoms with Gasteiger partial charge in [-0.05, 0) is 35.7 Å². The van der Waals surface area contributed by atoms with Crippen molar-refractivity contribution in [3.05, 3.63) is 66.1 Å². The van der Waals surface area contributed by atoms with Gasteiger partial charge in [0, 0.05) is 17.1 Å². The third-order valence-electron chi connectivity index (χ3n) is 5.38. The van der Waals surface area contributed by atoms with Gasteiger partial charge in [0.1, 0.15) is 11.4 Å². The number of para-hydroxylation sites is 1. The van der Waals surface area contributed by atoms with Crippen LogP contribution < -0.4 is 4.74 Å². The number of rotatable bonds is 5. The maximum atomic E-state index is 13.3. The first kappa shape index (κ1) is 17.6. The molecule has 0 amide bonds. The number of hydrogen-bond acceptors (Lipinski definition) is 5. The number of Topliss-reactive ketones (excluding diaryl/α,β-unsaturated/α-hetero) is 1. The van der Waals surface area contributed by atoms with E-state index >= 15 is 0 Å². The molecule has 2 aromatic carbocycles. The van der Waals surface area contributed by atoms with Gasteiger partial charge in [-0.25, -0.2) is 0 Å². The fraction of sp³-hybridized carbons (Fsp3) is 0.227. The van der Waals surface area contributed by atoms with Crippen LogP contribution in [0.25, 0.3) is 22.0 Å². The fourth-order valence-electron chi connectivity index (χ4n) is 3.90. The monoisotopic (exact) mass is 388 g/mol. The van der Waals surface area contributed by atoms with Crippen molar-refractivity contribution in [2.24, 2.45) is 5.92 Å². The van der Waals surface area contributed by atoms with Gasteiger partial charge in [0.2, 0.25) is 0 Å². The molecule has 1 aliphatic heterocycles. The molecule has 0 aliphatic carbocycles. The van der Waals surface area contributed by atoms with Crippen LogP contribution in [0.2, 0.25) is 0 Å². The van der Waals surface area contributed by atoms with Crippen molar-refractivity contribution >= 4 is 16.7 Å². The van der Waals surface area contributed by atoms with E-state index in [4.69, 9.17) is 4.74 Å². The second kappa shape index (κ2) is 7.18. The Morgan fingerprint density at radius 3 is 2.97 bits per heavy atom. The lowest BCUT2D eigenvalue weighted by molar-refractivity contribution is 0.0850. The van der Waals surface area contributed by atoms with E-state index in [0.717, 1.165) is 33.3 Å². The lowest BCUT2D eigenvalue weighted by Gasteiger charge is -2.23. The topological polar surface area (TPSA) is 93.0 Å². The molecule has 2 N–H and O–H groups in total. The number of ketones is 1. The highest BCUT2D eigenvalue weighted by Gasteiger charge is 2.30. The number of nitrogens with one attached hydrogen (secondary N) is 1. The molecule has 0 bridgehead atoms. The zero-order chi connectivity index (χ0) is 19.8. The van der Waals surface area contributed by atoms with Crippen LogP contribution in [0.4, 0.5) is 0 Å². The average molecular weight is 388 g/mol. The van der Waals surface area contributed by atoms with Crippen molar-refractivity contribution in [3.63, 3.8) is 0 Å². The Morgan fingerprint density at radius 1 is 1.24 bits per heavy atom. The second-order valence-corrected chi connectivity index (χ2v) is 7.20. The molecular formula is C22H20N4O3. The van der Waals surface area contributed by atoms with E-state index in [0.29, 0.717) is 25.3 Å². The molecule has 0 fully saturated rings. The Bertz CT molecular complexity index is 1180. The minimum Gasteiger partial charge on any atom is -0.493 e. The average Bonchev–Trinajstić information content (AvgIpc) is 3.42. The summed E-state index contributed by atoms with van der Waals surface area (Å²) in [6, 6.07) is 13.7. The summed E-state index contributed by atoms with van der Waals surface area (Å²) in [4.78, 5) is 13.3. The summed E-state index contributed by atoms with van der Waals surface area (Å²) < 4.78 is 7.51. The van der Waals surface area contributed by atoms with Gasteiger partial charge in [-0.1, -0.05) is 24.3 Å². The predicted molar refractivity (Wildman–Crippen MR) is 108 cm³/mol. The van der Waals surface area contributed by atoms with Crippen LogP contribution in [0.15, 0.2) is 54.9 Å². The highest BCUT2D eigenvalue weighted by Crippen LogP contribution is 2.31. The minimum absolute atomic E-state index is 0.0303. The van der Waals surface area contributed by atoms with Crippen molar-refractivity contribution < 1.29 is 14.6 Å². The number of aromatic amines is 1. The predicted octanol–water partition coefficient (Wildman–Crippen LogP) is 2.85. The number of nitrogens with zero attached hydrogens (tertiary/aromatic N) is 3. The minimum atomic E-state index is -0.279. The summed E-state index contributed by atoms with van der Waals surface area (Å²) in [7, 11) is 0. The summed E-state index contributed by atoms with van der Waals surface area (Å²) in [6.45, 7) is 0.611. The summed E-state index contributed by atoms with van der Waals surface area (Å²) >= 11 is 0. The number of aliphatic hydroxyl groups is 1. The van der Waals surface area contributed by atoms with E-state index in [9.17, 15) is 9.90 Å². The summed E-state index contributed by atoms with van der Waals surface area (Å²) in [5, 5.41) is 21.6. The van der Waals surface area contributed by atoms with E-state index in [1.54, 1.807) is 10.9 Å². The number of ether oxygens (including phenoxy) is 1. The Labute approximate surface area is 166 Å². The van der Waals surface area contributed by atoms with Gasteiger partial charge in [-0.15, -0.1) is 0 Å². The molecule has 1 atom stereocenters. The Balaban J connectivity index is 1.53. The highest BCUT2D eigenvalue weighted by molar-refractivity contribution is 6.08. The molecule has 1 aliphatic rings. The van der Waals surface area contributed by atoms with Crippen molar-refractivity contribution in [2.75, 3.05) is 13.2 Å². The Hall–Kier alpha value is -3.45. The number of fused-ring (bicyclic) bond motifs is 2. The van der Waals surface area contributed by atoms with Crippen molar-refractivity contribution in [1.82, 2.24) is 20.0 Å². The zero-order valence-electron chi connectivity index (χ0n) is 15.7. The number of benzene rings is 2. The molecule has 0 saturated carbocycles. The van der Waals surface area contributed by atoms with E-state index in [1.165, 1.54) is 0 Å². The molecule has 5 rings (SSSR count). The molecular weight excluding hydrogens is 368 g/mol. The van der Waals surface area contributed by atoms with E-state index in [2.05, 4.69) is 15.3 Å². The molecule has 146 valence electrons. The number of aliphatic hydroxyl groups excluding tert-OH is 1.